The normalized spacial score (nSPS) is 21.1. The first-order chi connectivity index (χ1) is 7.29. The van der Waals surface area contributed by atoms with Gasteiger partial charge in [-0.2, -0.15) is 5.10 Å². The molecule has 0 saturated carbocycles. The van der Waals surface area contributed by atoms with Gasteiger partial charge in [-0.15, -0.1) is 5.10 Å². The van der Waals surface area contributed by atoms with Gasteiger partial charge in [-0.3, -0.25) is 0 Å². The lowest BCUT2D eigenvalue weighted by molar-refractivity contribution is 0.303. The van der Waals surface area contributed by atoms with Crippen molar-refractivity contribution in [2.75, 3.05) is 7.11 Å². The number of amidine groups is 1. The summed E-state index contributed by atoms with van der Waals surface area (Å²) in [5.41, 5.74) is 7.84. The number of rotatable bonds is 2. The third-order valence-corrected chi connectivity index (χ3v) is 2.60. The van der Waals surface area contributed by atoms with Crippen molar-refractivity contribution in [2.24, 2.45) is 15.9 Å². The van der Waals surface area contributed by atoms with Crippen LogP contribution in [0.2, 0.25) is 0 Å². The summed E-state index contributed by atoms with van der Waals surface area (Å²) in [6.07, 6.45) is 7.85. The molecule has 1 aliphatic carbocycles. The Kier molecular flexibility index (Phi) is 2.85. The SMILES string of the molecule is COC1=CCCC(C2=NN=C(N)CC2)=C1. The van der Waals surface area contributed by atoms with Crippen LogP contribution in [0.25, 0.3) is 0 Å². The fourth-order valence-corrected chi connectivity index (χ4v) is 1.74. The standard InChI is InChI=1S/C11H15N3O/c1-15-9-4-2-3-8(7-9)10-5-6-11(12)14-13-10/h4,7H,2-3,5-6H2,1H3,(H2,12,14). The highest BCUT2D eigenvalue weighted by molar-refractivity contribution is 6.04. The molecule has 0 aromatic heterocycles. The lowest BCUT2D eigenvalue weighted by atomic mass is 9.96. The Bertz CT molecular complexity index is 377. The van der Waals surface area contributed by atoms with E-state index in [-0.39, 0.29) is 0 Å². The molecule has 80 valence electrons. The topological polar surface area (TPSA) is 60.0 Å². The van der Waals surface area contributed by atoms with Gasteiger partial charge in [0.1, 0.15) is 11.6 Å². The van der Waals surface area contributed by atoms with E-state index in [0.717, 1.165) is 37.2 Å². The van der Waals surface area contributed by atoms with Gasteiger partial charge in [-0.25, -0.2) is 0 Å². The van der Waals surface area contributed by atoms with Crippen LogP contribution in [-0.4, -0.2) is 18.7 Å². The number of methoxy groups -OCH3 is 1. The van der Waals surface area contributed by atoms with Gasteiger partial charge in [-0.1, -0.05) is 0 Å². The fraction of sp³-hybridized carbons (Fsp3) is 0.455. The van der Waals surface area contributed by atoms with E-state index in [1.54, 1.807) is 7.11 Å². The zero-order valence-electron chi connectivity index (χ0n) is 8.86. The van der Waals surface area contributed by atoms with E-state index in [9.17, 15) is 0 Å². The van der Waals surface area contributed by atoms with Gasteiger partial charge in [0, 0.05) is 6.42 Å². The van der Waals surface area contributed by atoms with E-state index < -0.39 is 0 Å². The van der Waals surface area contributed by atoms with E-state index >= 15 is 0 Å². The molecule has 15 heavy (non-hydrogen) atoms. The second-order valence-electron chi connectivity index (χ2n) is 3.66. The molecule has 2 rings (SSSR count). The van der Waals surface area contributed by atoms with Crippen LogP contribution in [0.15, 0.2) is 33.7 Å². The van der Waals surface area contributed by atoms with Crippen molar-refractivity contribution in [3.63, 3.8) is 0 Å². The minimum Gasteiger partial charge on any atom is -0.497 e. The predicted octanol–water partition coefficient (Wildman–Crippen LogP) is 1.74. The maximum absolute atomic E-state index is 5.57. The van der Waals surface area contributed by atoms with Crippen molar-refractivity contribution >= 4 is 11.5 Å². The fourth-order valence-electron chi connectivity index (χ4n) is 1.74. The van der Waals surface area contributed by atoms with Crippen LogP contribution in [0.1, 0.15) is 25.7 Å². The summed E-state index contributed by atoms with van der Waals surface area (Å²) >= 11 is 0. The molecule has 0 aromatic rings. The smallest absolute Gasteiger partial charge is 0.122 e. The largest absolute Gasteiger partial charge is 0.497 e. The monoisotopic (exact) mass is 205 g/mol. The van der Waals surface area contributed by atoms with E-state index in [0.29, 0.717) is 5.84 Å². The maximum Gasteiger partial charge on any atom is 0.122 e. The number of hydrogen-bond donors (Lipinski definition) is 1. The van der Waals surface area contributed by atoms with Crippen molar-refractivity contribution in [3.05, 3.63) is 23.5 Å². The Balaban J connectivity index is 2.18. The molecule has 0 atom stereocenters. The maximum atomic E-state index is 5.57. The van der Waals surface area contributed by atoms with Crippen molar-refractivity contribution in [1.29, 1.82) is 0 Å². The Morgan fingerprint density at radius 1 is 1.27 bits per heavy atom. The summed E-state index contributed by atoms with van der Waals surface area (Å²) in [6, 6.07) is 0. The summed E-state index contributed by atoms with van der Waals surface area (Å²) in [6.45, 7) is 0. The predicted molar refractivity (Wildman–Crippen MR) is 60.7 cm³/mol. The molecule has 0 spiro atoms. The summed E-state index contributed by atoms with van der Waals surface area (Å²) in [4.78, 5) is 0. The highest BCUT2D eigenvalue weighted by Gasteiger charge is 2.14. The average Bonchev–Trinajstić information content (AvgIpc) is 2.30. The molecular formula is C11H15N3O. The third-order valence-electron chi connectivity index (χ3n) is 2.60. The highest BCUT2D eigenvalue weighted by atomic mass is 16.5. The zero-order chi connectivity index (χ0) is 10.7. The first-order valence-electron chi connectivity index (χ1n) is 5.13. The van der Waals surface area contributed by atoms with Crippen molar-refractivity contribution in [3.8, 4) is 0 Å². The summed E-state index contributed by atoms with van der Waals surface area (Å²) < 4.78 is 5.20. The molecule has 1 heterocycles. The summed E-state index contributed by atoms with van der Waals surface area (Å²) in [7, 11) is 1.68. The van der Waals surface area contributed by atoms with Gasteiger partial charge in [0.2, 0.25) is 0 Å². The third kappa shape index (κ3) is 2.26. The van der Waals surface area contributed by atoms with Gasteiger partial charge in [-0.05, 0) is 37.0 Å². The molecule has 4 heteroatoms. The van der Waals surface area contributed by atoms with Crippen LogP contribution in [0.5, 0.6) is 0 Å². The molecule has 0 fully saturated rings. The van der Waals surface area contributed by atoms with E-state index in [4.69, 9.17) is 10.5 Å². The molecule has 0 amide bonds. The minimum atomic E-state index is 0.623. The molecule has 4 nitrogen and oxygen atoms in total. The first-order valence-corrected chi connectivity index (χ1v) is 5.13. The van der Waals surface area contributed by atoms with E-state index in [2.05, 4.69) is 16.3 Å². The molecule has 0 unspecified atom stereocenters. The van der Waals surface area contributed by atoms with Crippen LogP contribution in [0.3, 0.4) is 0 Å². The Morgan fingerprint density at radius 3 is 2.80 bits per heavy atom. The van der Waals surface area contributed by atoms with E-state index in [1.807, 2.05) is 6.08 Å². The van der Waals surface area contributed by atoms with Crippen LogP contribution in [-0.2, 0) is 4.74 Å². The quantitative estimate of drug-likeness (QED) is 0.746. The Labute approximate surface area is 89.2 Å². The van der Waals surface area contributed by atoms with Gasteiger partial charge in [0.15, 0.2) is 0 Å². The molecule has 2 aliphatic rings. The van der Waals surface area contributed by atoms with Gasteiger partial charge >= 0.3 is 0 Å². The first kappa shape index (κ1) is 9.96. The second kappa shape index (κ2) is 4.29. The molecule has 2 N–H and O–H groups in total. The molecule has 0 radical (unpaired) electrons. The van der Waals surface area contributed by atoms with Crippen molar-refractivity contribution in [2.45, 2.75) is 25.7 Å². The van der Waals surface area contributed by atoms with E-state index in [1.165, 1.54) is 5.57 Å². The lowest BCUT2D eigenvalue weighted by Gasteiger charge is -2.16. The molecule has 0 bridgehead atoms. The second-order valence-corrected chi connectivity index (χ2v) is 3.66. The minimum absolute atomic E-state index is 0.623. The summed E-state index contributed by atoms with van der Waals surface area (Å²) in [5.74, 6) is 1.54. The summed E-state index contributed by atoms with van der Waals surface area (Å²) in [5, 5.41) is 8.05. The zero-order valence-corrected chi connectivity index (χ0v) is 8.86. The molecule has 0 saturated heterocycles. The number of nitrogens with two attached hydrogens (primary N) is 1. The molecular weight excluding hydrogens is 190 g/mol. The number of ether oxygens (including phenoxy) is 1. The van der Waals surface area contributed by atoms with Crippen LogP contribution >= 0.6 is 0 Å². The number of hydrogen-bond acceptors (Lipinski definition) is 4. The number of nitrogens with zero attached hydrogens (tertiary/aromatic N) is 2. The van der Waals surface area contributed by atoms with Crippen molar-refractivity contribution < 1.29 is 4.74 Å². The van der Waals surface area contributed by atoms with Crippen molar-refractivity contribution in [1.82, 2.24) is 0 Å². The molecule has 1 aliphatic heterocycles. The Hall–Kier alpha value is -1.58. The lowest BCUT2D eigenvalue weighted by Crippen LogP contribution is -2.18. The van der Waals surface area contributed by atoms with Crippen LogP contribution in [0.4, 0.5) is 0 Å². The van der Waals surface area contributed by atoms with Gasteiger partial charge < -0.3 is 10.5 Å². The van der Waals surface area contributed by atoms with Gasteiger partial charge in [0.25, 0.3) is 0 Å². The van der Waals surface area contributed by atoms with Crippen LogP contribution in [0, 0.1) is 0 Å². The van der Waals surface area contributed by atoms with Crippen LogP contribution < -0.4 is 5.73 Å². The highest BCUT2D eigenvalue weighted by Crippen LogP contribution is 2.22. The van der Waals surface area contributed by atoms with Gasteiger partial charge in [0.05, 0.1) is 12.8 Å². The Morgan fingerprint density at radius 2 is 2.13 bits per heavy atom. The average molecular weight is 205 g/mol. The molecule has 0 aromatic carbocycles. The number of allylic oxidation sites excluding steroid dienone is 3.